The number of aliphatic hydroxyl groups excluding tert-OH is 1. The first-order valence-corrected chi connectivity index (χ1v) is 8.10. The first-order chi connectivity index (χ1) is 9.42. The summed E-state index contributed by atoms with van der Waals surface area (Å²) < 4.78 is 22.0. The lowest BCUT2D eigenvalue weighted by Crippen LogP contribution is -2.29. The van der Waals surface area contributed by atoms with Crippen LogP contribution < -0.4 is 5.32 Å². The summed E-state index contributed by atoms with van der Waals surface area (Å²) in [7, 11) is -3.32. The van der Waals surface area contributed by atoms with E-state index in [1.54, 1.807) is 0 Å². The lowest BCUT2D eigenvalue weighted by molar-refractivity contribution is -0.118. The van der Waals surface area contributed by atoms with Crippen LogP contribution in [0.3, 0.4) is 0 Å². The fourth-order valence-corrected chi connectivity index (χ4v) is 2.07. The van der Waals surface area contributed by atoms with E-state index >= 15 is 0 Å². The first-order valence-electron chi connectivity index (χ1n) is 6.04. The zero-order valence-corrected chi connectivity index (χ0v) is 12.0. The lowest BCUT2D eigenvalue weighted by Gasteiger charge is -2.06. The summed E-state index contributed by atoms with van der Waals surface area (Å²) in [5.74, 6) is 4.66. The van der Waals surface area contributed by atoms with Crippen LogP contribution in [0.1, 0.15) is 17.5 Å². The van der Waals surface area contributed by atoms with Gasteiger partial charge in [0.1, 0.15) is 5.75 Å². The highest BCUT2D eigenvalue weighted by Gasteiger charge is 2.10. The van der Waals surface area contributed by atoms with Gasteiger partial charge in [0.2, 0.25) is 5.91 Å². The third-order valence-corrected chi connectivity index (χ3v) is 3.13. The van der Waals surface area contributed by atoms with Crippen LogP contribution >= 0.6 is 0 Å². The van der Waals surface area contributed by atoms with Gasteiger partial charge in [0.15, 0.2) is 9.84 Å². The number of carbonyl (C=O) groups is 1. The largest absolute Gasteiger partial charge is 0.395 e. The predicted octanol–water partition coefficient (Wildman–Crippen LogP) is 0.0813. The summed E-state index contributed by atoms with van der Waals surface area (Å²) in [5, 5.41) is 11.2. The van der Waals surface area contributed by atoms with Gasteiger partial charge in [0.25, 0.3) is 0 Å². The minimum absolute atomic E-state index is 0.000260. The quantitative estimate of drug-likeness (QED) is 0.754. The average molecular weight is 295 g/mol. The molecule has 0 unspecified atom stereocenters. The Balaban J connectivity index is 2.69. The number of sulfone groups is 1. The van der Waals surface area contributed by atoms with Gasteiger partial charge in [-0.1, -0.05) is 30.0 Å². The summed E-state index contributed by atoms with van der Waals surface area (Å²) in [6.45, 7) is 0.221. The van der Waals surface area contributed by atoms with Crippen LogP contribution in [-0.4, -0.2) is 38.0 Å². The fourth-order valence-electron chi connectivity index (χ4n) is 1.49. The van der Waals surface area contributed by atoms with Gasteiger partial charge < -0.3 is 10.4 Å². The molecule has 1 aromatic carbocycles. The molecule has 20 heavy (non-hydrogen) atoms. The van der Waals surface area contributed by atoms with E-state index in [9.17, 15) is 13.2 Å². The highest BCUT2D eigenvalue weighted by molar-refractivity contribution is 7.91. The second-order valence-corrected chi connectivity index (χ2v) is 6.42. The molecule has 2 N–H and O–H groups in total. The zero-order chi connectivity index (χ0) is 15.0. The molecule has 0 aromatic heterocycles. The number of hydrogen-bond acceptors (Lipinski definition) is 4. The number of aliphatic hydroxyl groups is 1. The van der Waals surface area contributed by atoms with E-state index in [4.69, 9.17) is 5.11 Å². The van der Waals surface area contributed by atoms with Gasteiger partial charge in [-0.05, 0) is 11.6 Å². The van der Waals surface area contributed by atoms with Gasteiger partial charge >= 0.3 is 0 Å². The van der Waals surface area contributed by atoms with Crippen molar-refractivity contribution in [2.45, 2.75) is 13.0 Å². The average Bonchev–Trinajstić information content (AvgIpc) is 2.36. The molecule has 0 aliphatic rings. The minimum Gasteiger partial charge on any atom is -0.395 e. The normalized spacial score (nSPS) is 10.5. The Morgan fingerprint density at radius 3 is 2.70 bits per heavy atom. The molecule has 5 nitrogen and oxygen atoms in total. The van der Waals surface area contributed by atoms with Crippen molar-refractivity contribution in [3.05, 3.63) is 35.4 Å². The van der Waals surface area contributed by atoms with Crippen molar-refractivity contribution in [2.75, 3.05) is 18.6 Å². The lowest BCUT2D eigenvalue weighted by atomic mass is 10.1. The number of hydrogen-bond donors (Lipinski definition) is 2. The maximum absolute atomic E-state index is 11.4. The van der Waals surface area contributed by atoms with Gasteiger partial charge in [-0.15, -0.1) is 0 Å². The molecule has 0 heterocycles. The molecular weight excluding hydrogens is 278 g/mol. The molecule has 0 aliphatic heterocycles. The number of benzene rings is 1. The molecule has 0 bridgehead atoms. The zero-order valence-electron chi connectivity index (χ0n) is 11.2. The smallest absolute Gasteiger partial charge is 0.235 e. The number of carbonyl (C=O) groups excluding carboxylic acids is 1. The van der Waals surface area contributed by atoms with Crippen LogP contribution in [-0.2, 0) is 21.2 Å². The van der Waals surface area contributed by atoms with Crippen LogP contribution in [0.15, 0.2) is 24.3 Å². The molecule has 0 fully saturated rings. The Bertz CT molecular complexity index is 626. The SMILES string of the molecule is CS(=O)(=O)CC(=O)NCc1ccccc1C#CCCO. The third-order valence-electron chi connectivity index (χ3n) is 2.35. The Kier molecular flexibility index (Phi) is 6.22. The van der Waals surface area contributed by atoms with E-state index in [1.165, 1.54) is 0 Å². The monoisotopic (exact) mass is 295 g/mol. The summed E-state index contributed by atoms with van der Waals surface area (Å²) in [4.78, 5) is 11.4. The minimum atomic E-state index is -3.32. The molecule has 1 aromatic rings. The first kappa shape index (κ1) is 16.2. The topological polar surface area (TPSA) is 83.5 Å². The molecule has 1 amide bonds. The summed E-state index contributed by atoms with van der Waals surface area (Å²) >= 11 is 0. The number of amides is 1. The molecule has 0 atom stereocenters. The van der Waals surface area contributed by atoms with E-state index in [-0.39, 0.29) is 13.2 Å². The maximum atomic E-state index is 11.4. The van der Waals surface area contributed by atoms with Crippen molar-refractivity contribution >= 4 is 15.7 Å². The summed E-state index contributed by atoms with van der Waals surface area (Å²) in [6, 6.07) is 7.26. The highest BCUT2D eigenvalue weighted by Crippen LogP contribution is 2.07. The number of nitrogens with one attached hydrogen (secondary N) is 1. The Morgan fingerprint density at radius 1 is 1.35 bits per heavy atom. The molecule has 1 rings (SSSR count). The molecule has 0 spiro atoms. The van der Waals surface area contributed by atoms with Crippen LogP contribution in [0.5, 0.6) is 0 Å². The van der Waals surface area contributed by atoms with Gasteiger partial charge in [-0.2, -0.15) is 0 Å². The van der Waals surface area contributed by atoms with Crippen LogP contribution in [0.25, 0.3) is 0 Å². The Labute approximate surface area is 118 Å². The molecule has 6 heteroatoms. The van der Waals surface area contributed by atoms with Gasteiger partial charge in [-0.3, -0.25) is 4.79 Å². The van der Waals surface area contributed by atoms with Gasteiger partial charge in [-0.25, -0.2) is 8.42 Å². The number of rotatable bonds is 5. The molecular formula is C14H17NO4S. The summed E-state index contributed by atoms with van der Waals surface area (Å²) in [6.07, 6.45) is 1.40. The molecule has 0 saturated heterocycles. The molecule has 0 radical (unpaired) electrons. The summed E-state index contributed by atoms with van der Waals surface area (Å²) in [5.41, 5.74) is 1.56. The van der Waals surface area contributed by atoms with Crippen LogP contribution in [0.4, 0.5) is 0 Å². The molecule has 0 aliphatic carbocycles. The van der Waals surface area contributed by atoms with E-state index in [1.807, 2.05) is 24.3 Å². The van der Waals surface area contributed by atoms with Crippen molar-refractivity contribution in [3.8, 4) is 11.8 Å². The van der Waals surface area contributed by atoms with Gasteiger partial charge in [0.05, 0.1) is 6.61 Å². The maximum Gasteiger partial charge on any atom is 0.235 e. The van der Waals surface area contributed by atoms with E-state index in [0.717, 1.165) is 17.4 Å². The van der Waals surface area contributed by atoms with E-state index < -0.39 is 21.5 Å². The standard InChI is InChI=1S/C14H17NO4S/c1-20(18,19)11-14(17)15-10-13-8-3-2-6-12(13)7-4-5-9-16/h2-3,6,8,16H,5,9-11H2,1H3,(H,15,17). The fraction of sp³-hybridized carbons (Fsp3) is 0.357. The van der Waals surface area contributed by atoms with Crippen LogP contribution in [0.2, 0.25) is 0 Å². The third kappa shape index (κ3) is 6.36. The Hall–Kier alpha value is -1.84. The van der Waals surface area contributed by atoms with E-state index in [2.05, 4.69) is 17.2 Å². The van der Waals surface area contributed by atoms with E-state index in [0.29, 0.717) is 6.42 Å². The Morgan fingerprint density at radius 2 is 2.05 bits per heavy atom. The predicted molar refractivity (Wildman–Crippen MR) is 76.6 cm³/mol. The van der Waals surface area contributed by atoms with Crippen molar-refractivity contribution in [1.82, 2.24) is 5.32 Å². The second kappa shape index (κ2) is 7.68. The second-order valence-electron chi connectivity index (χ2n) is 4.28. The van der Waals surface area contributed by atoms with Crippen molar-refractivity contribution in [2.24, 2.45) is 0 Å². The highest BCUT2D eigenvalue weighted by atomic mass is 32.2. The van der Waals surface area contributed by atoms with Crippen molar-refractivity contribution < 1.29 is 18.3 Å². The molecule has 0 saturated carbocycles. The van der Waals surface area contributed by atoms with Crippen molar-refractivity contribution in [1.29, 1.82) is 0 Å². The van der Waals surface area contributed by atoms with Crippen LogP contribution in [0, 0.1) is 11.8 Å². The van der Waals surface area contributed by atoms with Crippen molar-refractivity contribution in [3.63, 3.8) is 0 Å². The van der Waals surface area contributed by atoms with Gasteiger partial charge in [0, 0.05) is 24.8 Å². The molecule has 108 valence electrons.